The van der Waals surface area contributed by atoms with Crippen LogP contribution in [0.3, 0.4) is 0 Å². The number of hydrogen-bond acceptors (Lipinski definition) is 3. The molecule has 1 atom stereocenters. The number of hydrogen-bond donors (Lipinski definition) is 1. The van der Waals surface area contributed by atoms with Crippen molar-refractivity contribution in [3.8, 4) is 0 Å². The summed E-state index contributed by atoms with van der Waals surface area (Å²) in [5.41, 5.74) is 0. The molecular formula is C14H17ClN2S. The third-order valence-corrected chi connectivity index (χ3v) is 5.12. The van der Waals surface area contributed by atoms with Gasteiger partial charge in [0.05, 0.1) is 5.02 Å². The van der Waals surface area contributed by atoms with Gasteiger partial charge in [0, 0.05) is 47.2 Å². The lowest BCUT2D eigenvalue weighted by molar-refractivity contribution is 0.201. The smallest absolute Gasteiger partial charge is 0.0637 e. The van der Waals surface area contributed by atoms with Gasteiger partial charge in [0.2, 0.25) is 0 Å². The lowest BCUT2D eigenvalue weighted by atomic mass is 10.2. The maximum atomic E-state index is 6.48. The quantitative estimate of drug-likeness (QED) is 0.908. The first-order chi connectivity index (χ1) is 8.74. The van der Waals surface area contributed by atoms with Gasteiger partial charge in [0.15, 0.2) is 0 Å². The van der Waals surface area contributed by atoms with Crippen molar-refractivity contribution in [2.75, 3.05) is 19.6 Å². The fourth-order valence-corrected chi connectivity index (χ4v) is 4.06. The van der Waals surface area contributed by atoms with Gasteiger partial charge >= 0.3 is 0 Å². The third-order valence-electron chi connectivity index (χ3n) is 3.42. The molecule has 3 rings (SSSR count). The number of rotatable bonds is 2. The molecule has 1 aliphatic rings. The number of halogens is 1. The van der Waals surface area contributed by atoms with Crippen LogP contribution in [-0.4, -0.2) is 30.6 Å². The van der Waals surface area contributed by atoms with Crippen LogP contribution in [-0.2, 0) is 6.54 Å². The van der Waals surface area contributed by atoms with Crippen LogP contribution in [0.15, 0.2) is 24.3 Å². The van der Waals surface area contributed by atoms with Crippen molar-refractivity contribution < 1.29 is 0 Å². The lowest BCUT2D eigenvalue weighted by Gasteiger charge is -2.31. The third kappa shape index (κ3) is 2.41. The molecule has 96 valence electrons. The summed E-state index contributed by atoms with van der Waals surface area (Å²) in [6.07, 6.45) is 0. The van der Waals surface area contributed by atoms with E-state index in [-0.39, 0.29) is 0 Å². The Hall–Kier alpha value is -0.610. The minimum Gasteiger partial charge on any atom is -0.312 e. The van der Waals surface area contributed by atoms with E-state index < -0.39 is 0 Å². The zero-order valence-electron chi connectivity index (χ0n) is 10.4. The molecule has 1 saturated heterocycles. The van der Waals surface area contributed by atoms with Crippen LogP contribution in [0, 0.1) is 0 Å². The monoisotopic (exact) mass is 280 g/mol. The summed E-state index contributed by atoms with van der Waals surface area (Å²) in [5.74, 6) is 0. The van der Waals surface area contributed by atoms with Gasteiger partial charge in [0.25, 0.3) is 0 Å². The molecule has 0 aliphatic carbocycles. The Balaban J connectivity index is 1.84. The number of thiophene rings is 1. The summed E-state index contributed by atoms with van der Waals surface area (Å²) in [5, 5.41) is 5.61. The second kappa shape index (κ2) is 5.17. The van der Waals surface area contributed by atoms with E-state index in [1.807, 2.05) is 11.3 Å². The number of benzene rings is 1. The van der Waals surface area contributed by atoms with Crippen LogP contribution in [0.2, 0.25) is 5.02 Å². The molecule has 0 amide bonds. The maximum absolute atomic E-state index is 6.48. The Morgan fingerprint density at radius 2 is 2.28 bits per heavy atom. The van der Waals surface area contributed by atoms with Crippen LogP contribution < -0.4 is 5.32 Å². The lowest BCUT2D eigenvalue weighted by Crippen LogP contribution is -2.48. The Bertz CT molecular complexity index is 552. The highest BCUT2D eigenvalue weighted by Gasteiger charge is 2.18. The minimum absolute atomic E-state index is 0.576. The number of nitrogens with one attached hydrogen (secondary N) is 1. The van der Waals surface area contributed by atoms with E-state index in [1.165, 1.54) is 15.0 Å². The zero-order valence-corrected chi connectivity index (χ0v) is 12.0. The largest absolute Gasteiger partial charge is 0.312 e. The Morgan fingerprint density at radius 3 is 3.06 bits per heavy atom. The molecule has 4 heteroatoms. The SMILES string of the molecule is C[C@H]1CN(Cc2sc3ccccc3c2Cl)CCN1. The van der Waals surface area contributed by atoms with E-state index in [0.29, 0.717) is 6.04 Å². The molecule has 0 saturated carbocycles. The van der Waals surface area contributed by atoms with Gasteiger partial charge in [0.1, 0.15) is 0 Å². The molecule has 18 heavy (non-hydrogen) atoms. The van der Waals surface area contributed by atoms with Gasteiger partial charge in [-0.3, -0.25) is 4.90 Å². The van der Waals surface area contributed by atoms with Crippen molar-refractivity contribution in [1.82, 2.24) is 10.2 Å². The Labute approximate surface area is 117 Å². The van der Waals surface area contributed by atoms with Gasteiger partial charge < -0.3 is 5.32 Å². The standard InChI is InChI=1S/C14H17ClN2S/c1-10-8-17(7-6-16-10)9-13-14(15)11-4-2-3-5-12(11)18-13/h2-5,10,16H,6-9H2,1H3/t10-/m0/s1. The highest BCUT2D eigenvalue weighted by atomic mass is 35.5. The van der Waals surface area contributed by atoms with Gasteiger partial charge in [-0.1, -0.05) is 29.8 Å². The predicted molar refractivity (Wildman–Crippen MR) is 79.6 cm³/mol. The van der Waals surface area contributed by atoms with E-state index in [9.17, 15) is 0 Å². The van der Waals surface area contributed by atoms with Crippen LogP contribution >= 0.6 is 22.9 Å². The minimum atomic E-state index is 0.576. The first kappa shape index (κ1) is 12.4. The number of nitrogens with zero attached hydrogens (tertiary/aromatic N) is 1. The van der Waals surface area contributed by atoms with Crippen molar-refractivity contribution in [2.24, 2.45) is 0 Å². The summed E-state index contributed by atoms with van der Waals surface area (Å²) in [6.45, 7) is 6.49. The Kier molecular flexibility index (Phi) is 3.57. The summed E-state index contributed by atoms with van der Waals surface area (Å²) >= 11 is 8.31. The number of piperazine rings is 1. The fourth-order valence-electron chi connectivity index (χ4n) is 2.53. The van der Waals surface area contributed by atoms with E-state index in [0.717, 1.165) is 31.2 Å². The molecule has 1 N–H and O–H groups in total. The molecule has 1 aromatic carbocycles. The van der Waals surface area contributed by atoms with Crippen molar-refractivity contribution in [3.63, 3.8) is 0 Å². The predicted octanol–water partition coefficient (Wildman–Crippen LogP) is 3.35. The molecule has 1 aliphatic heterocycles. The average Bonchev–Trinajstić information content (AvgIpc) is 2.67. The molecule has 0 radical (unpaired) electrons. The molecule has 1 fully saturated rings. The van der Waals surface area contributed by atoms with Crippen LogP contribution in [0.4, 0.5) is 0 Å². The van der Waals surface area contributed by atoms with Crippen molar-refractivity contribution in [3.05, 3.63) is 34.2 Å². The van der Waals surface area contributed by atoms with Crippen LogP contribution in [0.5, 0.6) is 0 Å². The second-order valence-electron chi connectivity index (χ2n) is 4.93. The summed E-state index contributed by atoms with van der Waals surface area (Å²) in [6, 6.07) is 8.96. The summed E-state index contributed by atoms with van der Waals surface area (Å²) < 4.78 is 1.29. The Morgan fingerprint density at radius 1 is 1.44 bits per heavy atom. The molecule has 2 aromatic rings. The average molecular weight is 281 g/mol. The first-order valence-corrected chi connectivity index (χ1v) is 7.55. The van der Waals surface area contributed by atoms with E-state index >= 15 is 0 Å². The maximum Gasteiger partial charge on any atom is 0.0637 e. The molecule has 2 nitrogen and oxygen atoms in total. The molecular weight excluding hydrogens is 264 g/mol. The molecule has 0 unspecified atom stereocenters. The van der Waals surface area contributed by atoms with E-state index in [1.54, 1.807) is 0 Å². The normalized spacial score (nSPS) is 21.6. The number of fused-ring (bicyclic) bond motifs is 1. The van der Waals surface area contributed by atoms with Crippen LogP contribution in [0.1, 0.15) is 11.8 Å². The second-order valence-corrected chi connectivity index (χ2v) is 6.44. The van der Waals surface area contributed by atoms with Gasteiger partial charge in [-0.15, -0.1) is 11.3 Å². The topological polar surface area (TPSA) is 15.3 Å². The van der Waals surface area contributed by atoms with Gasteiger partial charge in [-0.2, -0.15) is 0 Å². The van der Waals surface area contributed by atoms with E-state index in [4.69, 9.17) is 11.6 Å². The van der Waals surface area contributed by atoms with E-state index in [2.05, 4.69) is 41.4 Å². The fraction of sp³-hybridized carbons (Fsp3) is 0.429. The molecule has 0 spiro atoms. The highest BCUT2D eigenvalue weighted by molar-refractivity contribution is 7.19. The highest BCUT2D eigenvalue weighted by Crippen LogP contribution is 2.35. The first-order valence-electron chi connectivity index (χ1n) is 6.35. The van der Waals surface area contributed by atoms with Gasteiger partial charge in [-0.05, 0) is 13.0 Å². The molecule has 2 heterocycles. The van der Waals surface area contributed by atoms with Crippen molar-refractivity contribution in [1.29, 1.82) is 0 Å². The van der Waals surface area contributed by atoms with Crippen LogP contribution in [0.25, 0.3) is 10.1 Å². The van der Waals surface area contributed by atoms with Gasteiger partial charge in [-0.25, -0.2) is 0 Å². The zero-order chi connectivity index (χ0) is 12.5. The molecule has 0 bridgehead atoms. The summed E-state index contributed by atoms with van der Waals surface area (Å²) in [4.78, 5) is 3.78. The summed E-state index contributed by atoms with van der Waals surface area (Å²) in [7, 11) is 0. The van der Waals surface area contributed by atoms with Crippen molar-refractivity contribution in [2.45, 2.75) is 19.5 Å². The molecule has 1 aromatic heterocycles. The van der Waals surface area contributed by atoms with Crippen molar-refractivity contribution >= 4 is 33.0 Å².